The van der Waals surface area contributed by atoms with Gasteiger partial charge in [-0.2, -0.15) is 0 Å². The summed E-state index contributed by atoms with van der Waals surface area (Å²) < 4.78 is 0. The Bertz CT molecular complexity index is 1050. The molecule has 1 amide bonds. The summed E-state index contributed by atoms with van der Waals surface area (Å²) in [5, 5.41) is 5.97. The van der Waals surface area contributed by atoms with E-state index in [4.69, 9.17) is 0 Å². The zero-order valence-electron chi connectivity index (χ0n) is 15.9. The van der Waals surface area contributed by atoms with Gasteiger partial charge in [-0.25, -0.2) is 9.97 Å². The molecule has 2 aromatic heterocycles. The molecule has 4 rings (SSSR count). The molecule has 3 heterocycles. The minimum Gasteiger partial charge on any atom is -0.341 e. The van der Waals surface area contributed by atoms with Crippen molar-refractivity contribution in [2.45, 2.75) is 13.2 Å². The van der Waals surface area contributed by atoms with Gasteiger partial charge in [0.25, 0.3) is 0 Å². The Hall–Kier alpha value is -3.81. The van der Waals surface area contributed by atoms with Crippen LogP contribution in [0, 0.1) is 0 Å². The van der Waals surface area contributed by atoms with E-state index in [-0.39, 0.29) is 12.8 Å². The van der Waals surface area contributed by atoms with E-state index in [9.17, 15) is 4.79 Å². The van der Waals surface area contributed by atoms with Crippen LogP contribution in [0.5, 0.6) is 0 Å². The summed E-state index contributed by atoms with van der Waals surface area (Å²) >= 11 is 0. The third-order valence-electron chi connectivity index (χ3n) is 4.37. The van der Waals surface area contributed by atoms with Gasteiger partial charge in [0.05, 0.1) is 18.3 Å². The normalized spacial score (nSPS) is 12.6. The van der Waals surface area contributed by atoms with Crippen LogP contribution < -0.4 is 10.6 Å². The molecule has 0 fully saturated rings. The third kappa shape index (κ3) is 4.92. The van der Waals surface area contributed by atoms with Crippen molar-refractivity contribution in [1.29, 1.82) is 0 Å². The Balaban J connectivity index is 1.36. The molecule has 0 spiro atoms. The lowest BCUT2D eigenvalue weighted by molar-refractivity contribution is -0.115. The highest BCUT2D eigenvalue weighted by atomic mass is 16.1. The topological polar surface area (TPSA) is 92.2 Å². The van der Waals surface area contributed by atoms with Crippen molar-refractivity contribution >= 4 is 30.6 Å². The number of nitrogens with one attached hydrogen (secondary N) is 2. The van der Waals surface area contributed by atoms with Gasteiger partial charge in [0.1, 0.15) is 0 Å². The van der Waals surface area contributed by atoms with Gasteiger partial charge < -0.3 is 15.5 Å². The van der Waals surface area contributed by atoms with Crippen LogP contribution in [-0.2, 0) is 11.2 Å². The predicted molar refractivity (Wildman–Crippen MR) is 116 cm³/mol. The summed E-state index contributed by atoms with van der Waals surface area (Å²) in [7, 11) is 0. The summed E-state index contributed by atoms with van der Waals surface area (Å²) in [4.78, 5) is 29.1. The molecular weight excluding hydrogens is 363 g/mol. The summed E-state index contributed by atoms with van der Waals surface area (Å²) in [5.74, 6) is 2.47. The van der Waals surface area contributed by atoms with Gasteiger partial charge in [-0.15, -0.1) is 0 Å². The number of anilines is 2. The zero-order valence-corrected chi connectivity index (χ0v) is 15.9. The van der Waals surface area contributed by atoms with Crippen LogP contribution in [-0.4, -0.2) is 33.9 Å². The first-order valence-corrected chi connectivity index (χ1v) is 9.29. The van der Waals surface area contributed by atoms with E-state index >= 15 is 0 Å². The molecule has 0 aliphatic carbocycles. The lowest BCUT2D eigenvalue weighted by Crippen LogP contribution is -2.14. The Morgan fingerprint density at radius 2 is 1.83 bits per heavy atom. The molecule has 7 nitrogen and oxygen atoms in total. The molecule has 8 heteroatoms. The van der Waals surface area contributed by atoms with Gasteiger partial charge in [0.2, 0.25) is 11.9 Å². The van der Waals surface area contributed by atoms with Gasteiger partial charge in [-0.05, 0) is 23.3 Å². The Morgan fingerprint density at radius 3 is 2.48 bits per heavy atom. The highest BCUT2D eigenvalue weighted by Crippen LogP contribution is 2.20. The fourth-order valence-electron chi connectivity index (χ4n) is 2.93. The molecule has 142 valence electrons. The number of nitrogens with zero attached hydrogens (tertiary/aromatic N) is 4. The smallest absolute Gasteiger partial charge is 0.303 e. The van der Waals surface area contributed by atoms with Crippen LogP contribution in [0.2, 0.25) is 6.82 Å². The second-order valence-corrected chi connectivity index (χ2v) is 6.72. The van der Waals surface area contributed by atoms with Crippen molar-refractivity contribution < 1.29 is 4.79 Å². The molecule has 1 aromatic carbocycles. The molecule has 0 radical (unpaired) electrons. The summed E-state index contributed by atoms with van der Waals surface area (Å²) in [6.07, 6.45) is 8.91. The molecule has 1 aliphatic heterocycles. The number of hydrogen-bond donors (Lipinski definition) is 2. The average molecular weight is 382 g/mol. The van der Waals surface area contributed by atoms with Crippen LogP contribution in [0.15, 0.2) is 77.8 Å². The van der Waals surface area contributed by atoms with Crippen molar-refractivity contribution in [3.05, 3.63) is 78.4 Å². The summed E-state index contributed by atoms with van der Waals surface area (Å²) in [6, 6.07) is 11.4. The van der Waals surface area contributed by atoms with E-state index in [0.717, 1.165) is 22.4 Å². The maximum atomic E-state index is 12.2. The van der Waals surface area contributed by atoms with Crippen molar-refractivity contribution in [3.63, 3.8) is 0 Å². The zero-order chi connectivity index (χ0) is 20.1. The number of carbonyl (C=O) groups is 1. The number of pyridine rings is 1. The molecule has 0 bridgehead atoms. The van der Waals surface area contributed by atoms with Crippen LogP contribution in [0.1, 0.15) is 5.56 Å². The molecule has 0 saturated carbocycles. The minimum absolute atomic E-state index is 0.0800. The quantitative estimate of drug-likeness (QED) is 0.639. The van der Waals surface area contributed by atoms with Crippen molar-refractivity contribution in [1.82, 2.24) is 15.0 Å². The SMILES string of the molecule is CB1C=C(Nc2ncc(-c3ccc(CC(=O)Nc4cccnc4)cc3)cn2)C=N1. The van der Waals surface area contributed by atoms with E-state index in [2.05, 4.69) is 30.5 Å². The van der Waals surface area contributed by atoms with E-state index in [1.807, 2.05) is 43.1 Å². The van der Waals surface area contributed by atoms with E-state index in [0.29, 0.717) is 18.1 Å². The largest absolute Gasteiger partial charge is 0.341 e. The van der Waals surface area contributed by atoms with Crippen molar-refractivity contribution in [2.75, 3.05) is 10.6 Å². The molecule has 2 N–H and O–H groups in total. The highest BCUT2D eigenvalue weighted by Gasteiger charge is 2.10. The number of aromatic nitrogens is 3. The monoisotopic (exact) mass is 382 g/mol. The first-order chi connectivity index (χ1) is 14.2. The highest BCUT2D eigenvalue weighted by molar-refractivity contribution is 6.64. The molecule has 0 saturated heterocycles. The fourth-order valence-corrected chi connectivity index (χ4v) is 2.93. The third-order valence-corrected chi connectivity index (χ3v) is 4.37. The fraction of sp³-hybridized carbons (Fsp3) is 0.0952. The van der Waals surface area contributed by atoms with E-state index in [1.54, 1.807) is 37.1 Å². The molecule has 29 heavy (non-hydrogen) atoms. The van der Waals surface area contributed by atoms with Crippen molar-refractivity contribution in [2.24, 2.45) is 4.90 Å². The van der Waals surface area contributed by atoms with Crippen LogP contribution in [0.3, 0.4) is 0 Å². The number of benzene rings is 1. The van der Waals surface area contributed by atoms with Crippen molar-refractivity contribution in [3.8, 4) is 11.1 Å². The number of hydrogen-bond acceptors (Lipinski definition) is 6. The average Bonchev–Trinajstić information content (AvgIpc) is 3.14. The lowest BCUT2D eigenvalue weighted by Gasteiger charge is -2.07. The number of rotatable bonds is 6. The lowest BCUT2D eigenvalue weighted by atomic mass is 9.68. The van der Waals surface area contributed by atoms with Gasteiger partial charge in [-0.1, -0.05) is 37.1 Å². The first kappa shape index (κ1) is 18.6. The second kappa shape index (κ2) is 8.47. The van der Waals surface area contributed by atoms with Crippen LogP contribution in [0.25, 0.3) is 11.1 Å². The summed E-state index contributed by atoms with van der Waals surface area (Å²) in [6.45, 7) is 2.20. The molecular formula is C21H19BN6O. The predicted octanol–water partition coefficient (Wildman–Crippen LogP) is 3.26. The van der Waals surface area contributed by atoms with Gasteiger partial charge in [0, 0.05) is 36.1 Å². The molecule has 0 atom stereocenters. The first-order valence-electron chi connectivity index (χ1n) is 9.29. The van der Waals surface area contributed by atoms with Gasteiger partial charge in [0.15, 0.2) is 0 Å². The summed E-state index contributed by atoms with van der Waals surface area (Å²) in [5.41, 5.74) is 4.41. The van der Waals surface area contributed by atoms with E-state index in [1.165, 1.54) is 0 Å². The number of allylic oxidation sites excluding steroid dienone is 1. The minimum atomic E-state index is -0.0800. The maximum Gasteiger partial charge on any atom is 0.303 e. The second-order valence-electron chi connectivity index (χ2n) is 6.72. The maximum absolute atomic E-state index is 12.2. The van der Waals surface area contributed by atoms with Crippen LogP contribution in [0.4, 0.5) is 11.6 Å². The number of amides is 1. The van der Waals surface area contributed by atoms with E-state index < -0.39 is 0 Å². The standard InChI is InChI=1S/C21H19BN6O/c1-22-10-19(14-26-22)28-21-24-11-17(12-25-21)16-6-4-15(5-7-16)9-20(29)27-18-3-2-8-23-13-18/h2-8,10-14H,9H2,1H3,(H,27,29)(H,24,25,28). The molecule has 1 aliphatic rings. The Morgan fingerprint density at radius 1 is 1.03 bits per heavy atom. The molecule has 0 unspecified atom stereocenters. The number of carbonyl (C=O) groups excluding carboxylic acids is 1. The Labute approximate surface area is 169 Å². The van der Waals surface area contributed by atoms with Gasteiger partial charge >= 0.3 is 6.85 Å². The Kier molecular flexibility index (Phi) is 5.42. The molecule has 3 aromatic rings. The van der Waals surface area contributed by atoms with Crippen LogP contribution >= 0.6 is 0 Å². The van der Waals surface area contributed by atoms with Gasteiger partial charge in [-0.3, -0.25) is 9.78 Å².